The van der Waals surface area contributed by atoms with Crippen LogP contribution in [0.3, 0.4) is 0 Å². The lowest BCUT2D eigenvalue weighted by molar-refractivity contribution is -0.125. The van der Waals surface area contributed by atoms with Gasteiger partial charge in [0.2, 0.25) is 11.8 Å². The van der Waals surface area contributed by atoms with Crippen molar-refractivity contribution in [2.24, 2.45) is 0 Å². The molecular formula is C17H16Cl2N2O2. The van der Waals surface area contributed by atoms with Crippen LogP contribution < -0.4 is 10.2 Å². The Hall–Kier alpha value is -2.04. The minimum Gasteiger partial charge on any atom is -0.323 e. The number of rotatable bonds is 5. The maximum Gasteiger partial charge on any atom is 0.236 e. The Labute approximate surface area is 145 Å². The third kappa shape index (κ3) is 4.47. The molecule has 0 saturated heterocycles. The van der Waals surface area contributed by atoms with E-state index < -0.39 is 5.91 Å². The fourth-order valence-corrected chi connectivity index (χ4v) is 2.64. The lowest BCUT2D eigenvalue weighted by Crippen LogP contribution is -2.33. The fraction of sp³-hybridized carbons (Fsp3) is 0.176. The molecule has 6 heteroatoms. The Bertz CT molecular complexity index is 685. The highest BCUT2D eigenvalue weighted by molar-refractivity contribution is 6.39. The molecule has 2 aromatic rings. The number of nitrogens with zero attached hydrogens (tertiary/aromatic N) is 1. The number of benzene rings is 2. The highest BCUT2D eigenvalue weighted by Gasteiger charge is 2.18. The molecule has 0 fully saturated rings. The second-order valence-corrected chi connectivity index (χ2v) is 5.61. The van der Waals surface area contributed by atoms with E-state index in [1.54, 1.807) is 23.1 Å². The number of nitrogens with one attached hydrogen (secondary N) is 1. The smallest absolute Gasteiger partial charge is 0.236 e. The summed E-state index contributed by atoms with van der Waals surface area (Å²) in [6.45, 7) is 2.33. The Morgan fingerprint density at radius 3 is 2.17 bits per heavy atom. The van der Waals surface area contributed by atoms with Gasteiger partial charge in [-0.25, -0.2) is 0 Å². The first kappa shape index (κ1) is 17.3. The van der Waals surface area contributed by atoms with E-state index in [-0.39, 0.29) is 12.3 Å². The van der Waals surface area contributed by atoms with Crippen molar-refractivity contribution in [3.63, 3.8) is 0 Å². The molecule has 0 aliphatic heterocycles. The molecule has 0 aromatic heterocycles. The van der Waals surface area contributed by atoms with E-state index in [1.807, 2.05) is 37.3 Å². The molecule has 1 N–H and O–H groups in total. The summed E-state index contributed by atoms with van der Waals surface area (Å²) in [5, 5.41) is 3.24. The van der Waals surface area contributed by atoms with Crippen LogP contribution >= 0.6 is 23.2 Å². The maximum atomic E-state index is 12.3. The highest BCUT2D eigenvalue weighted by Crippen LogP contribution is 2.29. The first-order valence-electron chi connectivity index (χ1n) is 7.12. The van der Waals surface area contributed by atoms with E-state index in [4.69, 9.17) is 23.2 Å². The molecule has 0 aliphatic rings. The van der Waals surface area contributed by atoms with Crippen molar-refractivity contribution >= 4 is 46.4 Å². The van der Waals surface area contributed by atoms with Crippen LogP contribution in [-0.2, 0) is 9.59 Å². The van der Waals surface area contributed by atoms with Gasteiger partial charge in [0.05, 0.1) is 15.7 Å². The molecule has 4 nitrogen and oxygen atoms in total. The Morgan fingerprint density at radius 2 is 1.61 bits per heavy atom. The summed E-state index contributed by atoms with van der Waals surface area (Å²) < 4.78 is 0. The average Bonchev–Trinajstić information content (AvgIpc) is 2.53. The zero-order chi connectivity index (χ0) is 16.8. The highest BCUT2D eigenvalue weighted by atomic mass is 35.5. The first-order chi connectivity index (χ1) is 11.0. The molecule has 0 spiro atoms. The van der Waals surface area contributed by atoms with E-state index in [1.165, 1.54) is 0 Å². The third-order valence-corrected chi connectivity index (χ3v) is 3.85. The molecular weight excluding hydrogens is 335 g/mol. The van der Waals surface area contributed by atoms with Crippen LogP contribution in [0.1, 0.15) is 13.3 Å². The van der Waals surface area contributed by atoms with Gasteiger partial charge >= 0.3 is 0 Å². The van der Waals surface area contributed by atoms with Gasteiger partial charge in [-0.1, -0.05) is 47.5 Å². The van der Waals surface area contributed by atoms with E-state index in [0.29, 0.717) is 22.3 Å². The fourth-order valence-electron chi connectivity index (χ4n) is 2.14. The van der Waals surface area contributed by atoms with Crippen LogP contribution in [0.5, 0.6) is 0 Å². The Kier molecular flexibility index (Phi) is 6.02. The summed E-state index contributed by atoms with van der Waals surface area (Å²) in [4.78, 5) is 26.0. The standard InChI is InChI=1S/C17H16Cl2N2O2/c1-2-21(12-7-4-3-5-8-12)16(23)11-15(22)20-17-13(18)9-6-10-14(17)19/h3-10H,2,11H2,1H3,(H,20,22). The van der Waals surface area contributed by atoms with E-state index in [2.05, 4.69) is 5.32 Å². The number of carbonyl (C=O) groups excluding carboxylic acids is 2. The lowest BCUT2D eigenvalue weighted by Gasteiger charge is -2.21. The molecule has 0 saturated carbocycles. The van der Waals surface area contributed by atoms with E-state index in [0.717, 1.165) is 5.69 Å². The normalized spacial score (nSPS) is 10.2. The summed E-state index contributed by atoms with van der Waals surface area (Å²) in [5.41, 5.74) is 1.07. The predicted octanol–water partition coefficient (Wildman–Crippen LogP) is 4.38. The van der Waals surface area contributed by atoms with Gasteiger partial charge in [0.1, 0.15) is 6.42 Å². The third-order valence-electron chi connectivity index (χ3n) is 3.22. The molecule has 0 unspecified atom stereocenters. The summed E-state index contributed by atoms with van der Waals surface area (Å²) >= 11 is 12.0. The number of hydrogen-bond donors (Lipinski definition) is 1. The molecule has 0 atom stereocenters. The van der Waals surface area contributed by atoms with E-state index >= 15 is 0 Å². The van der Waals surface area contributed by atoms with Gasteiger partial charge in [-0.3, -0.25) is 9.59 Å². The minimum absolute atomic E-state index is 0.287. The van der Waals surface area contributed by atoms with Gasteiger partial charge < -0.3 is 10.2 Å². The minimum atomic E-state index is -0.459. The lowest BCUT2D eigenvalue weighted by atomic mass is 10.2. The maximum absolute atomic E-state index is 12.3. The largest absolute Gasteiger partial charge is 0.323 e. The zero-order valence-corrected chi connectivity index (χ0v) is 14.1. The van der Waals surface area contributed by atoms with Gasteiger partial charge in [-0.05, 0) is 31.2 Å². The molecule has 0 bridgehead atoms. The molecule has 2 rings (SSSR count). The van der Waals surface area contributed by atoms with Gasteiger partial charge in [-0.15, -0.1) is 0 Å². The first-order valence-corrected chi connectivity index (χ1v) is 7.87. The predicted molar refractivity (Wildman–Crippen MR) is 94.2 cm³/mol. The van der Waals surface area contributed by atoms with Crippen LogP contribution in [0, 0.1) is 0 Å². The topological polar surface area (TPSA) is 49.4 Å². The second-order valence-electron chi connectivity index (χ2n) is 4.80. The molecule has 23 heavy (non-hydrogen) atoms. The summed E-state index contributed by atoms with van der Waals surface area (Å²) in [7, 11) is 0. The van der Waals surface area contributed by atoms with Crippen molar-refractivity contribution in [2.75, 3.05) is 16.8 Å². The van der Waals surface area contributed by atoms with Gasteiger partial charge in [0.25, 0.3) is 0 Å². The summed E-state index contributed by atoms with van der Waals surface area (Å²) in [6.07, 6.45) is -0.287. The van der Waals surface area contributed by atoms with Crippen molar-refractivity contribution in [1.29, 1.82) is 0 Å². The molecule has 2 aromatic carbocycles. The van der Waals surface area contributed by atoms with Crippen LogP contribution in [0.4, 0.5) is 11.4 Å². The van der Waals surface area contributed by atoms with Gasteiger partial charge in [-0.2, -0.15) is 0 Å². The SMILES string of the molecule is CCN(C(=O)CC(=O)Nc1c(Cl)cccc1Cl)c1ccccc1. The number of amides is 2. The van der Waals surface area contributed by atoms with Crippen molar-refractivity contribution in [1.82, 2.24) is 0 Å². The summed E-state index contributed by atoms with van der Waals surface area (Å²) in [5.74, 6) is -0.751. The Morgan fingerprint density at radius 1 is 1.00 bits per heavy atom. The number of para-hydroxylation sites is 2. The number of hydrogen-bond acceptors (Lipinski definition) is 2. The number of anilines is 2. The van der Waals surface area contributed by atoms with Crippen LogP contribution in [0.2, 0.25) is 10.0 Å². The molecule has 0 heterocycles. The number of halogens is 2. The van der Waals surface area contributed by atoms with Gasteiger partial charge in [0, 0.05) is 12.2 Å². The van der Waals surface area contributed by atoms with Crippen molar-refractivity contribution in [3.05, 3.63) is 58.6 Å². The molecule has 0 radical (unpaired) electrons. The molecule has 0 aliphatic carbocycles. The van der Waals surface area contributed by atoms with Crippen LogP contribution in [-0.4, -0.2) is 18.4 Å². The van der Waals surface area contributed by atoms with E-state index in [9.17, 15) is 9.59 Å². The van der Waals surface area contributed by atoms with Crippen molar-refractivity contribution in [2.45, 2.75) is 13.3 Å². The average molecular weight is 351 g/mol. The monoisotopic (exact) mass is 350 g/mol. The van der Waals surface area contributed by atoms with Crippen molar-refractivity contribution in [3.8, 4) is 0 Å². The molecule has 120 valence electrons. The summed E-state index contributed by atoms with van der Waals surface area (Å²) in [6, 6.07) is 14.1. The van der Waals surface area contributed by atoms with Crippen LogP contribution in [0.15, 0.2) is 48.5 Å². The van der Waals surface area contributed by atoms with Crippen molar-refractivity contribution < 1.29 is 9.59 Å². The number of carbonyl (C=O) groups is 2. The Balaban J connectivity index is 2.06. The quantitative estimate of drug-likeness (QED) is 0.813. The second kappa shape index (κ2) is 7.99. The zero-order valence-electron chi connectivity index (χ0n) is 12.6. The van der Waals surface area contributed by atoms with Crippen LogP contribution in [0.25, 0.3) is 0 Å². The molecule has 2 amide bonds. The van der Waals surface area contributed by atoms with Gasteiger partial charge in [0.15, 0.2) is 0 Å².